The number of nitrogens with two attached hydrogens (primary N) is 1. The molecule has 0 saturated carbocycles. The number of hydrogen-bond acceptors (Lipinski definition) is 3. The van der Waals surface area contributed by atoms with Gasteiger partial charge in [0.25, 0.3) is 0 Å². The summed E-state index contributed by atoms with van der Waals surface area (Å²) in [6.07, 6.45) is 1.11. The SMILES string of the molecule is Cc1cc(I)c(N)cc1NS(C)(=O)=O. The van der Waals surface area contributed by atoms with Crippen LogP contribution in [0.5, 0.6) is 0 Å². The van der Waals surface area contributed by atoms with E-state index in [0.717, 1.165) is 15.4 Å². The number of aryl methyl sites for hydroxylation is 1. The van der Waals surface area contributed by atoms with E-state index in [2.05, 4.69) is 27.3 Å². The van der Waals surface area contributed by atoms with Gasteiger partial charge in [0, 0.05) is 9.26 Å². The van der Waals surface area contributed by atoms with Crippen LogP contribution in [0.3, 0.4) is 0 Å². The molecule has 0 bridgehead atoms. The van der Waals surface area contributed by atoms with E-state index in [0.29, 0.717) is 11.4 Å². The van der Waals surface area contributed by atoms with E-state index in [-0.39, 0.29) is 0 Å². The van der Waals surface area contributed by atoms with Crippen molar-refractivity contribution in [1.29, 1.82) is 0 Å². The quantitative estimate of drug-likeness (QED) is 0.640. The van der Waals surface area contributed by atoms with E-state index in [1.54, 1.807) is 6.07 Å². The third-order valence-corrected chi connectivity index (χ3v) is 3.16. The summed E-state index contributed by atoms with van der Waals surface area (Å²) in [4.78, 5) is 0. The summed E-state index contributed by atoms with van der Waals surface area (Å²) in [7, 11) is -3.24. The standard InChI is InChI=1S/C8H11IN2O2S/c1-5-3-6(9)7(10)4-8(5)11-14(2,12)13/h3-4,11H,10H2,1-2H3. The van der Waals surface area contributed by atoms with Crippen molar-refractivity contribution in [3.8, 4) is 0 Å². The molecular weight excluding hydrogens is 315 g/mol. The van der Waals surface area contributed by atoms with E-state index in [9.17, 15) is 8.42 Å². The Hall–Kier alpha value is -0.500. The fourth-order valence-electron chi connectivity index (χ4n) is 0.999. The molecule has 1 aromatic carbocycles. The normalized spacial score (nSPS) is 11.4. The molecule has 0 fully saturated rings. The van der Waals surface area contributed by atoms with E-state index in [4.69, 9.17) is 5.73 Å². The van der Waals surface area contributed by atoms with Gasteiger partial charge in [-0.25, -0.2) is 8.42 Å². The first-order valence-electron chi connectivity index (χ1n) is 3.83. The summed E-state index contributed by atoms with van der Waals surface area (Å²) < 4.78 is 25.3. The molecule has 0 radical (unpaired) electrons. The average molecular weight is 326 g/mol. The largest absolute Gasteiger partial charge is 0.398 e. The maximum absolute atomic E-state index is 11.0. The molecular formula is C8H11IN2O2S. The Morgan fingerprint density at radius 1 is 1.43 bits per heavy atom. The molecule has 1 aromatic rings. The van der Waals surface area contributed by atoms with Gasteiger partial charge in [0.2, 0.25) is 10.0 Å². The molecule has 1 rings (SSSR count). The van der Waals surface area contributed by atoms with Crippen LogP contribution in [0.15, 0.2) is 12.1 Å². The van der Waals surface area contributed by atoms with Gasteiger partial charge in [0.1, 0.15) is 0 Å². The first-order chi connectivity index (χ1) is 6.29. The predicted molar refractivity (Wildman–Crippen MR) is 66.8 cm³/mol. The van der Waals surface area contributed by atoms with Crippen LogP contribution in [0.2, 0.25) is 0 Å². The Kier molecular flexibility index (Phi) is 3.25. The molecule has 0 unspecified atom stereocenters. The molecule has 0 aliphatic carbocycles. The lowest BCUT2D eigenvalue weighted by atomic mass is 10.2. The van der Waals surface area contributed by atoms with Crippen molar-refractivity contribution in [2.45, 2.75) is 6.92 Å². The van der Waals surface area contributed by atoms with Crippen molar-refractivity contribution in [3.05, 3.63) is 21.3 Å². The third kappa shape index (κ3) is 3.02. The van der Waals surface area contributed by atoms with E-state index in [1.165, 1.54) is 0 Å². The number of hydrogen-bond donors (Lipinski definition) is 2. The van der Waals surface area contributed by atoms with Gasteiger partial charge < -0.3 is 5.73 Å². The Bertz CT molecular complexity index is 457. The molecule has 0 heterocycles. The Balaban J connectivity index is 3.17. The van der Waals surface area contributed by atoms with Gasteiger partial charge in [0.15, 0.2) is 0 Å². The highest BCUT2D eigenvalue weighted by Crippen LogP contribution is 2.24. The minimum Gasteiger partial charge on any atom is -0.398 e. The minimum atomic E-state index is -3.24. The molecule has 3 N–H and O–H groups in total. The highest BCUT2D eigenvalue weighted by molar-refractivity contribution is 14.1. The second-order valence-corrected chi connectivity index (χ2v) is 5.97. The van der Waals surface area contributed by atoms with Crippen molar-refractivity contribution in [2.75, 3.05) is 16.7 Å². The number of benzene rings is 1. The Morgan fingerprint density at radius 2 is 2.00 bits per heavy atom. The molecule has 6 heteroatoms. The number of anilines is 2. The summed E-state index contributed by atoms with van der Waals surface area (Å²) in [5, 5.41) is 0. The Morgan fingerprint density at radius 3 is 2.50 bits per heavy atom. The lowest BCUT2D eigenvalue weighted by Crippen LogP contribution is -2.11. The van der Waals surface area contributed by atoms with E-state index in [1.807, 2.05) is 13.0 Å². The van der Waals surface area contributed by atoms with Crippen LogP contribution in [0.1, 0.15) is 5.56 Å². The summed E-state index contributed by atoms with van der Waals surface area (Å²) >= 11 is 2.10. The molecule has 0 aliphatic rings. The van der Waals surface area contributed by atoms with Crippen molar-refractivity contribution in [2.24, 2.45) is 0 Å². The fraction of sp³-hybridized carbons (Fsp3) is 0.250. The number of halogens is 1. The third-order valence-electron chi connectivity index (χ3n) is 1.64. The first kappa shape index (κ1) is 11.6. The fourth-order valence-corrected chi connectivity index (χ4v) is 2.24. The minimum absolute atomic E-state index is 0.533. The van der Waals surface area contributed by atoms with Gasteiger partial charge in [-0.1, -0.05) is 0 Å². The second-order valence-electron chi connectivity index (χ2n) is 3.06. The van der Waals surface area contributed by atoms with Crippen LogP contribution < -0.4 is 10.5 Å². The van der Waals surface area contributed by atoms with Gasteiger partial charge in [-0.15, -0.1) is 0 Å². The number of rotatable bonds is 2. The molecule has 0 saturated heterocycles. The molecule has 78 valence electrons. The van der Waals surface area contributed by atoms with E-state index >= 15 is 0 Å². The highest BCUT2D eigenvalue weighted by Gasteiger charge is 2.07. The topological polar surface area (TPSA) is 72.2 Å². The van der Waals surface area contributed by atoms with Gasteiger partial charge in [0.05, 0.1) is 11.9 Å². The van der Waals surface area contributed by atoms with Crippen molar-refractivity contribution >= 4 is 44.0 Å². The second kappa shape index (κ2) is 3.93. The van der Waals surface area contributed by atoms with Crippen LogP contribution in [0.25, 0.3) is 0 Å². The lowest BCUT2D eigenvalue weighted by Gasteiger charge is -2.09. The van der Waals surface area contributed by atoms with Crippen molar-refractivity contribution < 1.29 is 8.42 Å². The summed E-state index contributed by atoms with van der Waals surface area (Å²) in [5.74, 6) is 0. The van der Waals surface area contributed by atoms with Gasteiger partial charge in [-0.2, -0.15) is 0 Å². The highest BCUT2D eigenvalue weighted by atomic mass is 127. The molecule has 0 aromatic heterocycles. The zero-order valence-electron chi connectivity index (χ0n) is 7.83. The lowest BCUT2D eigenvalue weighted by molar-refractivity contribution is 0.607. The summed E-state index contributed by atoms with van der Waals surface area (Å²) in [5.41, 5.74) is 7.63. The summed E-state index contributed by atoms with van der Waals surface area (Å²) in [6, 6.07) is 3.46. The maximum Gasteiger partial charge on any atom is 0.229 e. The Labute approximate surface area is 97.1 Å². The first-order valence-corrected chi connectivity index (χ1v) is 6.80. The average Bonchev–Trinajstić information content (AvgIpc) is 1.97. The smallest absolute Gasteiger partial charge is 0.229 e. The van der Waals surface area contributed by atoms with Crippen molar-refractivity contribution in [3.63, 3.8) is 0 Å². The molecule has 4 nitrogen and oxygen atoms in total. The van der Waals surface area contributed by atoms with E-state index < -0.39 is 10.0 Å². The van der Waals surface area contributed by atoms with Crippen LogP contribution in [0, 0.1) is 10.5 Å². The van der Waals surface area contributed by atoms with Crippen molar-refractivity contribution in [1.82, 2.24) is 0 Å². The molecule has 0 spiro atoms. The molecule has 0 amide bonds. The zero-order valence-corrected chi connectivity index (χ0v) is 10.8. The monoisotopic (exact) mass is 326 g/mol. The predicted octanol–water partition coefficient (Wildman–Crippen LogP) is 1.55. The maximum atomic E-state index is 11.0. The van der Waals surface area contributed by atoms with Crippen LogP contribution >= 0.6 is 22.6 Å². The van der Waals surface area contributed by atoms with Crippen LogP contribution in [0.4, 0.5) is 11.4 Å². The molecule has 0 aliphatic heterocycles. The van der Waals surface area contributed by atoms with Crippen LogP contribution in [-0.2, 0) is 10.0 Å². The molecule has 0 atom stereocenters. The number of nitrogens with one attached hydrogen (secondary N) is 1. The van der Waals surface area contributed by atoms with Crippen LogP contribution in [-0.4, -0.2) is 14.7 Å². The van der Waals surface area contributed by atoms with Gasteiger partial charge in [-0.3, -0.25) is 4.72 Å². The molecule has 14 heavy (non-hydrogen) atoms. The summed E-state index contributed by atoms with van der Waals surface area (Å²) in [6.45, 7) is 1.83. The number of nitrogen functional groups attached to an aromatic ring is 1. The van der Waals surface area contributed by atoms with Gasteiger partial charge in [-0.05, 0) is 47.2 Å². The zero-order chi connectivity index (χ0) is 10.9. The van der Waals surface area contributed by atoms with Gasteiger partial charge >= 0.3 is 0 Å². The number of sulfonamides is 1.